The lowest BCUT2D eigenvalue weighted by atomic mass is 9.93. The third kappa shape index (κ3) is 7.58. The molecule has 0 aromatic heterocycles. The summed E-state index contributed by atoms with van der Waals surface area (Å²) in [5.41, 5.74) is -3.22. The molecule has 6 aromatic carbocycles. The van der Waals surface area contributed by atoms with E-state index >= 15 is 0 Å². The maximum Gasteiger partial charge on any atom is 0.340 e. The average molecular weight is 897 g/mol. The fourth-order valence-corrected chi connectivity index (χ4v) is 9.17. The molecule has 0 saturated heterocycles. The zero-order chi connectivity index (χ0) is 45.7. The van der Waals surface area contributed by atoms with Crippen molar-refractivity contribution < 1.29 is 64.8 Å². The second-order valence-electron chi connectivity index (χ2n) is 13.9. The van der Waals surface area contributed by atoms with E-state index in [1.165, 1.54) is 54.6 Å². The molecule has 0 aliphatic heterocycles. The second kappa shape index (κ2) is 16.1. The molecule has 0 amide bonds. The van der Waals surface area contributed by atoms with Gasteiger partial charge in [0.2, 0.25) is 23.1 Å². The molecule has 18 heteroatoms. The number of phenolic OH excluding ortho intramolecular Hbond substituents is 4. The fraction of sp³-hybridized carbons (Fsp3) is 0. The van der Waals surface area contributed by atoms with Crippen molar-refractivity contribution in [2.45, 2.75) is 0 Å². The minimum atomic E-state index is -5.13. The van der Waals surface area contributed by atoms with E-state index in [1.54, 1.807) is 36.4 Å². The summed E-state index contributed by atoms with van der Waals surface area (Å²) in [5.74, 6) is -8.92. The van der Waals surface area contributed by atoms with Gasteiger partial charge in [0.25, 0.3) is 0 Å². The maximum absolute atomic E-state index is 14.0. The van der Waals surface area contributed by atoms with Gasteiger partial charge in [0.15, 0.2) is 34.6 Å². The van der Waals surface area contributed by atoms with Crippen molar-refractivity contribution in [2.75, 3.05) is 0 Å². The summed E-state index contributed by atoms with van der Waals surface area (Å²) in [7, 11) is -10.2. The van der Waals surface area contributed by atoms with Gasteiger partial charge in [-0.1, -0.05) is 91.0 Å². The topological polar surface area (TPSA) is 272 Å². The molecule has 318 valence electrons. The first-order chi connectivity index (χ1) is 30.5. The van der Waals surface area contributed by atoms with Crippen LogP contribution in [0.5, 0.6) is 34.5 Å². The molecule has 0 spiro atoms. The van der Waals surface area contributed by atoms with Crippen molar-refractivity contribution in [3.8, 4) is 34.5 Å². The third-order valence-corrected chi connectivity index (χ3v) is 12.5. The Morgan fingerprint density at radius 3 is 1.67 bits per heavy atom. The molecule has 0 radical (unpaired) electrons. The van der Waals surface area contributed by atoms with E-state index in [0.29, 0.717) is 6.08 Å². The number of phenols is 4. The Labute approximate surface area is 362 Å². The average Bonchev–Trinajstić information content (AvgIpc) is 3.29. The number of aromatic hydroxyl groups is 4. The summed E-state index contributed by atoms with van der Waals surface area (Å²) in [5, 5.41) is 50.9. The number of carbonyl (C=O) groups excluding carboxylic acids is 4. The van der Waals surface area contributed by atoms with Gasteiger partial charge in [-0.15, -0.1) is 0 Å². The number of allylic oxidation sites excluding steroid dienone is 2. The standard InChI is InChI=1S/C46H28N2O14S2/c47-33-22-37(63(57,58)61-45-31(18-19-35(49)44(45)56)40(52)25-11-5-2-6-12-25)28-16-15-26(21-32(28)41(33)53)48-34-23-38(27-13-7-8-14-29(27)42(34)54)64(59,60)62-46-36(50)20-17-30(43(46)55)39(51)24-9-3-1-4-10-24/h1-23,47,49-50,55-56H/b47-33?,48-34-. The molecule has 2 aliphatic rings. The number of fused-ring (bicyclic) bond motifs is 2. The number of nitrogens with zero attached hydrogens (tertiary/aromatic N) is 1. The van der Waals surface area contributed by atoms with E-state index in [1.807, 2.05) is 0 Å². The van der Waals surface area contributed by atoms with E-state index in [4.69, 9.17) is 13.8 Å². The molecule has 0 bridgehead atoms. The summed E-state index contributed by atoms with van der Waals surface area (Å²) >= 11 is 0. The quantitative estimate of drug-likeness (QED) is 0.0517. The number of aliphatic imine (C=N–C) groups is 1. The molecule has 6 aromatic rings. The fourth-order valence-electron chi connectivity index (χ4n) is 6.81. The monoisotopic (exact) mass is 896 g/mol. The van der Waals surface area contributed by atoms with Crippen LogP contribution in [0.1, 0.15) is 63.7 Å². The lowest BCUT2D eigenvalue weighted by Gasteiger charge is -2.20. The third-order valence-electron chi connectivity index (χ3n) is 9.93. The van der Waals surface area contributed by atoms with Crippen LogP contribution in [0.25, 0.3) is 9.81 Å². The van der Waals surface area contributed by atoms with Crippen LogP contribution in [0, 0.1) is 5.41 Å². The van der Waals surface area contributed by atoms with E-state index in [0.717, 1.165) is 42.5 Å². The highest BCUT2D eigenvalue weighted by molar-refractivity contribution is 7.97. The van der Waals surface area contributed by atoms with Crippen LogP contribution in [0.4, 0.5) is 5.69 Å². The Morgan fingerprint density at radius 1 is 0.516 bits per heavy atom. The minimum absolute atomic E-state index is 0.0891. The molecule has 0 fully saturated rings. The van der Waals surface area contributed by atoms with Gasteiger partial charge in [0, 0.05) is 33.4 Å². The van der Waals surface area contributed by atoms with Crippen LogP contribution in [-0.2, 0) is 20.2 Å². The molecular formula is C46H28N2O14S2. The van der Waals surface area contributed by atoms with Crippen molar-refractivity contribution in [3.63, 3.8) is 0 Å². The largest absolute Gasteiger partial charge is 0.504 e. The molecular weight excluding hydrogens is 869 g/mol. The molecule has 0 heterocycles. The molecule has 0 saturated carbocycles. The normalized spacial score (nSPS) is 14.2. The van der Waals surface area contributed by atoms with E-state index in [9.17, 15) is 56.4 Å². The van der Waals surface area contributed by atoms with Crippen molar-refractivity contribution in [3.05, 3.63) is 184 Å². The zero-order valence-corrected chi connectivity index (χ0v) is 34.0. The van der Waals surface area contributed by atoms with Gasteiger partial charge in [-0.25, -0.2) is 4.99 Å². The van der Waals surface area contributed by atoms with Crippen molar-refractivity contribution in [2.24, 2.45) is 4.99 Å². The van der Waals surface area contributed by atoms with Crippen LogP contribution in [0.3, 0.4) is 0 Å². The number of benzene rings is 6. The molecule has 0 atom stereocenters. The predicted octanol–water partition coefficient (Wildman–Crippen LogP) is 6.66. The maximum atomic E-state index is 14.0. The number of hydrogen-bond acceptors (Lipinski definition) is 16. The number of hydrogen-bond donors (Lipinski definition) is 5. The van der Waals surface area contributed by atoms with Gasteiger partial charge in [-0.2, -0.15) is 16.8 Å². The molecule has 64 heavy (non-hydrogen) atoms. The SMILES string of the molecule is N=C1C=C(S(=O)(=O)Oc2c(C(=O)c3ccccc3)ccc(O)c2O)c2ccc(/N=C3/C=C(S(=O)(=O)Oc4c(O)ccc(C(=O)c5ccccc5)c4O)c4ccccc4C3=O)cc2C1=O. The Hall–Kier alpha value is -8.48. The highest BCUT2D eigenvalue weighted by Crippen LogP contribution is 2.44. The number of ketones is 4. The van der Waals surface area contributed by atoms with E-state index in [-0.39, 0.29) is 33.5 Å². The van der Waals surface area contributed by atoms with Crippen LogP contribution >= 0.6 is 0 Å². The number of carbonyl (C=O) groups is 4. The van der Waals surface area contributed by atoms with Crippen LogP contribution in [-0.4, -0.2) is 71.8 Å². The minimum Gasteiger partial charge on any atom is -0.504 e. The summed E-state index contributed by atoms with van der Waals surface area (Å²) < 4.78 is 66.4. The van der Waals surface area contributed by atoms with Crippen molar-refractivity contribution in [1.82, 2.24) is 0 Å². The first kappa shape index (κ1) is 42.2. The van der Waals surface area contributed by atoms with Gasteiger partial charge >= 0.3 is 20.2 Å². The van der Waals surface area contributed by atoms with E-state index < -0.39 is 116 Å². The van der Waals surface area contributed by atoms with Crippen LogP contribution < -0.4 is 8.37 Å². The van der Waals surface area contributed by atoms with E-state index in [2.05, 4.69) is 4.99 Å². The predicted molar refractivity (Wildman–Crippen MR) is 231 cm³/mol. The molecule has 5 N–H and O–H groups in total. The van der Waals surface area contributed by atoms with Gasteiger partial charge in [0.05, 0.1) is 16.8 Å². The lowest BCUT2D eigenvalue weighted by molar-refractivity contribution is 0.102. The smallest absolute Gasteiger partial charge is 0.340 e. The summed E-state index contributed by atoms with van der Waals surface area (Å²) in [6.07, 6.45) is 1.53. The summed E-state index contributed by atoms with van der Waals surface area (Å²) in [6.45, 7) is 0. The first-order valence-electron chi connectivity index (χ1n) is 18.6. The van der Waals surface area contributed by atoms with Crippen molar-refractivity contribution in [1.29, 1.82) is 5.41 Å². The zero-order valence-electron chi connectivity index (χ0n) is 32.4. The van der Waals surface area contributed by atoms with Gasteiger partial charge in [-0.3, -0.25) is 24.6 Å². The lowest BCUT2D eigenvalue weighted by Crippen LogP contribution is -2.24. The summed E-state index contributed by atoms with van der Waals surface area (Å²) in [6, 6.07) is 28.1. The van der Waals surface area contributed by atoms with Gasteiger partial charge in [-0.05, 0) is 48.6 Å². The number of nitrogens with one attached hydrogen (secondary N) is 1. The Balaban J connectivity index is 1.16. The Morgan fingerprint density at radius 2 is 1.03 bits per heavy atom. The van der Waals surface area contributed by atoms with Crippen LogP contribution in [0.15, 0.2) is 145 Å². The summed E-state index contributed by atoms with van der Waals surface area (Å²) in [4.78, 5) is 56.6. The number of rotatable bonds is 11. The molecule has 8 rings (SSSR count). The van der Waals surface area contributed by atoms with Gasteiger partial charge < -0.3 is 28.8 Å². The Bertz CT molecular complexity index is 3380. The molecule has 2 aliphatic carbocycles. The molecule has 16 nitrogen and oxygen atoms in total. The number of Topliss-reactive ketones (excluding diaryl/α,β-unsaturated/α-hetero) is 2. The van der Waals surface area contributed by atoms with Crippen LogP contribution in [0.2, 0.25) is 0 Å². The highest BCUT2D eigenvalue weighted by Gasteiger charge is 2.37. The Kier molecular flexibility index (Phi) is 10.6. The van der Waals surface area contributed by atoms with Crippen molar-refractivity contribution >= 4 is 70.3 Å². The molecule has 0 unspecified atom stereocenters. The van der Waals surface area contributed by atoms with Gasteiger partial charge in [0.1, 0.15) is 21.2 Å². The highest BCUT2D eigenvalue weighted by atomic mass is 32.2. The first-order valence-corrected chi connectivity index (χ1v) is 21.4. The second-order valence-corrected chi connectivity index (χ2v) is 17.0.